The van der Waals surface area contributed by atoms with Gasteiger partial charge >= 0.3 is 6.61 Å². The van der Waals surface area contributed by atoms with Crippen molar-refractivity contribution in [3.05, 3.63) is 29.8 Å². The molecular formula is C18H24F2N2O3. The second-order valence-electron chi connectivity index (χ2n) is 6.13. The number of hydrogen-bond donors (Lipinski definition) is 1. The van der Waals surface area contributed by atoms with Crippen LogP contribution in [0.25, 0.3) is 0 Å². The molecule has 1 aliphatic heterocycles. The normalized spacial score (nSPS) is 18.8. The van der Waals surface area contributed by atoms with E-state index in [4.69, 9.17) is 0 Å². The zero-order valence-corrected chi connectivity index (χ0v) is 14.5. The zero-order valence-electron chi connectivity index (χ0n) is 14.5. The highest BCUT2D eigenvalue weighted by Gasteiger charge is 2.31. The molecule has 1 aliphatic rings. The Kier molecular flexibility index (Phi) is 6.73. The third-order valence-electron chi connectivity index (χ3n) is 4.39. The van der Waals surface area contributed by atoms with Crippen LogP contribution in [0, 0.1) is 0 Å². The molecule has 1 aromatic carbocycles. The fourth-order valence-electron chi connectivity index (χ4n) is 3.04. The summed E-state index contributed by atoms with van der Waals surface area (Å²) in [6.07, 6.45) is 2.87. The lowest BCUT2D eigenvalue weighted by Crippen LogP contribution is -2.52. The van der Waals surface area contributed by atoms with Gasteiger partial charge in [0.1, 0.15) is 11.8 Å². The van der Waals surface area contributed by atoms with Crippen molar-refractivity contribution < 1.29 is 23.1 Å². The fraction of sp³-hybridized carbons (Fsp3) is 0.556. The van der Waals surface area contributed by atoms with Crippen molar-refractivity contribution in [3.8, 4) is 5.75 Å². The Morgan fingerprint density at radius 2 is 1.96 bits per heavy atom. The molecule has 2 rings (SSSR count). The van der Waals surface area contributed by atoms with E-state index >= 15 is 0 Å². The van der Waals surface area contributed by atoms with Crippen molar-refractivity contribution in [1.82, 2.24) is 10.2 Å². The van der Waals surface area contributed by atoms with E-state index in [1.165, 1.54) is 12.1 Å². The SMILES string of the molecule is CCC(=O)N1CCCC[C@@H]1C(=O)N[C@H](C)c1ccc(OC(F)F)cc1. The number of carbonyl (C=O) groups is 2. The first-order valence-electron chi connectivity index (χ1n) is 8.57. The van der Waals surface area contributed by atoms with Gasteiger partial charge in [0.2, 0.25) is 11.8 Å². The predicted octanol–water partition coefficient (Wildman–Crippen LogP) is 3.26. The number of hydrogen-bond acceptors (Lipinski definition) is 3. The van der Waals surface area contributed by atoms with Gasteiger partial charge in [-0.3, -0.25) is 9.59 Å². The molecule has 0 saturated carbocycles. The second kappa shape index (κ2) is 8.78. The van der Waals surface area contributed by atoms with E-state index in [0.29, 0.717) is 19.4 Å². The zero-order chi connectivity index (χ0) is 18.4. The van der Waals surface area contributed by atoms with E-state index in [1.807, 2.05) is 6.92 Å². The lowest BCUT2D eigenvalue weighted by Gasteiger charge is -2.35. The molecule has 5 nitrogen and oxygen atoms in total. The monoisotopic (exact) mass is 354 g/mol. The number of piperidine rings is 1. The van der Waals surface area contributed by atoms with Crippen LogP contribution in [0.2, 0.25) is 0 Å². The average Bonchev–Trinajstić information content (AvgIpc) is 2.61. The van der Waals surface area contributed by atoms with Gasteiger partial charge in [0, 0.05) is 13.0 Å². The van der Waals surface area contributed by atoms with Crippen LogP contribution in [0.5, 0.6) is 5.75 Å². The van der Waals surface area contributed by atoms with E-state index in [0.717, 1.165) is 18.4 Å². The summed E-state index contributed by atoms with van der Waals surface area (Å²) in [6, 6.07) is 5.42. The minimum Gasteiger partial charge on any atom is -0.435 e. The Morgan fingerprint density at radius 1 is 1.28 bits per heavy atom. The molecule has 1 heterocycles. The number of nitrogens with zero attached hydrogens (tertiary/aromatic N) is 1. The minimum absolute atomic E-state index is 0.0130. The molecule has 7 heteroatoms. The Bertz CT molecular complexity index is 592. The van der Waals surface area contributed by atoms with Crippen LogP contribution < -0.4 is 10.1 Å². The molecule has 25 heavy (non-hydrogen) atoms. The maximum Gasteiger partial charge on any atom is 0.387 e. The standard InChI is InChI=1S/C18H24F2N2O3/c1-3-16(23)22-11-5-4-6-15(22)17(24)21-12(2)13-7-9-14(10-8-13)25-18(19)20/h7-10,12,15,18H,3-6,11H2,1-2H3,(H,21,24)/t12-,15-/m1/s1. The first-order valence-corrected chi connectivity index (χ1v) is 8.57. The number of halogens is 2. The second-order valence-corrected chi connectivity index (χ2v) is 6.13. The highest BCUT2D eigenvalue weighted by atomic mass is 19.3. The highest BCUT2D eigenvalue weighted by Crippen LogP contribution is 2.22. The van der Waals surface area contributed by atoms with Crippen LogP contribution in [0.4, 0.5) is 8.78 Å². The summed E-state index contributed by atoms with van der Waals surface area (Å²) >= 11 is 0. The van der Waals surface area contributed by atoms with Gasteiger partial charge in [0.25, 0.3) is 0 Å². The number of ether oxygens (including phenoxy) is 1. The maximum atomic E-state index is 12.6. The molecule has 0 spiro atoms. The lowest BCUT2D eigenvalue weighted by molar-refractivity contribution is -0.142. The van der Waals surface area contributed by atoms with Crippen LogP contribution in [-0.2, 0) is 9.59 Å². The Morgan fingerprint density at radius 3 is 2.56 bits per heavy atom. The summed E-state index contributed by atoms with van der Waals surface area (Å²) < 4.78 is 28.7. The van der Waals surface area contributed by atoms with Crippen molar-refractivity contribution in [2.24, 2.45) is 0 Å². The highest BCUT2D eigenvalue weighted by molar-refractivity contribution is 5.88. The van der Waals surface area contributed by atoms with Gasteiger partial charge in [-0.15, -0.1) is 0 Å². The minimum atomic E-state index is -2.86. The number of rotatable bonds is 6. The summed E-state index contributed by atoms with van der Waals surface area (Å²) in [5.41, 5.74) is 0.777. The van der Waals surface area contributed by atoms with Crippen molar-refractivity contribution in [3.63, 3.8) is 0 Å². The fourth-order valence-corrected chi connectivity index (χ4v) is 3.04. The first-order chi connectivity index (χ1) is 11.9. The quantitative estimate of drug-likeness (QED) is 0.853. The van der Waals surface area contributed by atoms with E-state index < -0.39 is 12.7 Å². The van der Waals surface area contributed by atoms with Crippen molar-refractivity contribution in [2.45, 2.75) is 58.2 Å². The van der Waals surface area contributed by atoms with Crippen molar-refractivity contribution in [2.75, 3.05) is 6.54 Å². The number of amides is 2. The van der Waals surface area contributed by atoms with Gasteiger partial charge in [-0.2, -0.15) is 8.78 Å². The molecule has 0 aliphatic carbocycles. The van der Waals surface area contributed by atoms with Gasteiger partial charge in [-0.1, -0.05) is 19.1 Å². The molecule has 2 amide bonds. The Balaban J connectivity index is 1.99. The lowest BCUT2D eigenvalue weighted by atomic mass is 10.00. The Hall–Kier alpha value is -2.18. The smallest absolute Gasteiger partial charge is 0.387 e. The average molecular weight is 354 g/mol. The third-order valence-corrected chi connectivity index (χ3v) is 4.39. The molecular weight excluding hydrogens is 330 g/mol. The van der Waals surface area contributed by atoms with Gasteiger partial charge in [0.15, 0.2) is 0 Å². The summed E-state index contributed by atoms with van der Waals surface area (Å²) in [6.45, 7) is 1.35. The largest absolute Gasteiger partial charge is 0.435 e. The molecule has 0 unspecified atom stereocenters. The molecule has 2 atom stereocenters. The molecule has 1 fully saturated rings. The van der Waals surface area contributed by atoms with Crippen LogP contribution in [-0.4, -0.2) is 35.9 Å². The van der Waals surface area contributed by atoms with Gasteiger partial charge < -0.3 is 15.0 Å². The van der Waals surface area contributed by atoms with Crippen LogP contribution in [0.1, 0.15) is 51.1 Å². The summed E-state index contributed by atoms with van der Waals surface area (Å²) in [4.78, 5) is 26.3. The van der Waals surface area contributed by atoms with E-state index in [2.05, 4.69) is 10.1 Å². The molecule has 0 bridgehead atoms. The molecule has 0 aromatic heterocycles. The predicted molar refractivity (Wildman–Crippen MR) is 89.3 cm³/mol. The Labute approximate surface area is 146 Å². The molecule has 1 N–H and O–H groups in total. The first kappa shape index (κ1) is 19.1. The van der Waals surface area contributed by atoms with Gasteiger partial charge in [-0.05, 0) is 43.9 Å². The molecule has 0 radical (unpaired) electrons. The van der Waals surface area contributed by atoms with E-state index in [9.17, 15) is 18.4 Å². The van der Waals surface area contributed by atoms with Gasteiger partial charge in [0.05, 0.1) is 6.04 Å². The number of benzene rings is 1. The number of alkyl halides is 2. The molecule has 1 saturated heterocycles. The van der Waals surface area contributed by atoms with Crippen molar-refractivity contribution >= 4 is 11.8 Å². The van der Waals surface area contributed by atoms with Crippen molar-refractivity contribution in [1.29, 1.82) is 0 Å². The van der Waals surface area contributed by atoms with Gasteiger partial charge in [-0.25, -0.2) is 0 Å². The van der Waals surface area contributed by atoms with E-state index in [1.54, 1.807) is 24.0 Å². The number of carbonyl (C=O) groups excluding carboxylic acids is 2. The summed E-state index contributed by atoms with van der Waals surface area (Å²) in [5.74, 6) is -0.118. The molecule has 1 aromatic rings. The van der Waals surface area contributed by atoms with Crippen LogP contribution in [0.15, 0.2) is 24.3 Å². The number of likely N-dealkylation sites (tertiary alicyclic amines) is 1. The molecule has 138 valence electrons. The van der Waals surface area contributed by atoms with Crippen LogP contribution in [0.3, 0.4) is 0 Å². The number of nitrogens with one attached hydrogen (secondary N) is 1. The summed E-state index contributed by atoms with van der Waals surface area (Å²) in [7, 11) is 0. The van der Waals surface area contributed by atoms with Crippen LogP contribution >= 0.6 is 0 Å². The third kappa shape index (κ3) is 5.14. The van der Waals surface area contributed by atoms with E-state index in [-0.39, 0.29) is 23.6 Å². The summed E-state index contributed by atoms with van der Waals surface area (Å²) in [5, 5.41) is 2.91. The topological polar surface area (TPSA) is 58.6 Å². The maximum absolute atomic E-state index is 12.6.